The Kier molecular flexibility index (Phi) is 17.1. The van der Waals surface area contributed by atoms with Crippen LogP contribution in [0.3, 0.4) is 0 Å². The number of imidazole rings is 1. The van der Waals surface area contributed by atoms with Gasteiger partial charge in [-0.2, -0.15) is 0 Å². The number of carbonyl (C=O) groups is 4. The highest BCUT2D eigenvalue weighted by molar-refractivity contribution is 6.02. The number of benzene rings is 3. The topological polar surface area (TPSA) is 170 Å². The van der Waals surface area contributed by atoms with E-state index in [-0.39, 0.29) is 36.7 Å². The van der Waals surface area contributed by atoms with Gasteiger partial charge in [-0.3, -0.25) is 14.6 Å². The average Bonchev–Trinajstić information content (AvgIpc) is 3.71. The van der Waals surface area contributed by atoms with Crippen molar-refractivity contribution in [2.24, 2.45) is 16.8 Å². The van der Waals surface area contributed by atoms with Crippen LogP contribution in [0.1, 0.15) is 65.8 Å². The fourth-order valence-corrected chi connectivity index (χ4v) is 6.82. The molecule has 1 heterocycles. The average molecular weight is 809 g/mol. The van der Waals surface area contributed by atoms with E-state index < -0.39 is 24.3 Å². The number of nitrogens with one attached hydrogen (secondary N) is 4. The molecule has 0 saturated heterocycles. The quantitative estimate of drug-likeness (QED) is 0.0720. The van der Waals surface area contributed by atoms with Crippen LogP contribution in [0.5, 0.6) is 0 Å². The maximum atomic E-state index is 13.5. The molecule has 4 aromatic rings. The molecule has 0 bridgehead atoms. The van der Waals surface area contributed by atoms with Crippen molar-refractivity contribution in [3.05, 3.63) is 84.4 Å². The van der Waals surface area contributed by atoms with Gasteiger partial charge in [0.2, 0.25) is 11.8 Å². The van der Waals surface area contributed by atoms with Crippen molar-refractivity contribution < 1.29 is 28.7 Å². The summed E-state index contributed by atoms with van der Waals surface area (Å²) in [5.41, 5.74) is 5.69. The molecule has 2 unspecified atom stereocenters. The van der Waals surface area contributed by atoms with Gasteiger partial charge in [-0.15, -0.1) is 0 Å². The SMILES string of the molecule is CCCN(C/C=N/C=C(\NC)c1ccc(-c2ccc(-c3cnc(CN(CCC)C(=O)C(NC(=O)OC)C(C)C)[nH]3)cc2)c2ccccc12)C(=O)C(NC(=O)OC)C(C)C. The number of aromatic amines is 1. The second kappa shape index (κ2) is 22.1. The molecule has 4 rings (SSSR count). The van der Waals surface area contributed by atoms with Crippen molar-refractivity contribution in [3.63, 3.8) is 0 Å². The van der Waals surface area contributed by atoms with Crippen LogP contribution in [0.2, 0.25) is 0 Å². The van der Waals surface area contributed by atoms with Crippen molar-refractivity contribution in [1.82, 2.24) is 35.7 Å². The zero-order valence-electron chi connectivity index (χ0n) is 35.8. The van der Waals surface area contributed by atoms with Gasteiger partial charge in [-0.25, -0.2) is 14.6 Å². The minimum absolute atomic E-state index is 0.122. The first-order valence-corrected chi connectivity index (χ1v) is 20.2. The normalized spacial score (nSPS) is 12.7. The van der Waals surface area contributed by atoms with Gasteiger partial charge in [0.25, 0.3) is 0 Å². The first kappa shape index (κ1) is 45.5. The van der Waals surface area contributed by atoms with Gasteiger partial charge in [0.15, 0.2) is 0 Å². The molecular formula is C45H60N8O6. The Balaban J connectivity index is 1.53. The van der Waals surface area contributed by atoms with E-state index in [1.165, 1.54) is 14.2 Å². The van der Waals surface area contributed by atoms with Crippen LogP contribution < -0.4 is 16.0 Å². The predicted octanol–water partition coefficient (Wildman–Crippen LogP) is 7.22. The van der Waals surface area contributed by atoms with Crippen molar-refractivity contribution >= 4 is 46.7 Å². The number of aromatic nitrogens is 2. The Labute approximate surface area is 347 Å². The Morgan fingerprint density at radius 1 is 0.780 bits per heavy atom. The molecule has 14 nitrogen and oxygen atoms in total. The molecule has 14 heteroatoms. The molecule has 59 heavy (non-hydrogen) atoms. The fraction of sp³-hybridized carbons (Fsp3) is 0.422. The van der Waals surface area contributed by atoms with Gasteiger partial charge in [0.1, 0.15) is 17.9 Å². The summed E-state index contributed by atoms with van der Waals surface area (Å²) in [4.78, 5) is 66.8. The number of hydrogen-bond acceptors (Lipinski definition) is 9. The molecule has 0 aliphatic carbocycles. The number of methoxy groups -OCH3 is 2. The van der Waals surface area contributed by atoms with E-state index in [4.69, 9.17) is 9.47 Å². The summed E-state index contributed by atoms with van der Waals surface area (Å²) in [5.74, 6) is 0.0206. The molecule has 3 aromatic carbocycles. The first-order chi connectivity index (χ1) is 28.4. The monoisotopic (exact) mass is 808 g/mol. The molecule has 0 fully saturated rings. The van der Waals surface area contributed by atoms with Crippen LogP contribution in [-0.4, -0.2) is 103 Å². The molecule has 0 spiro atoms. The van der Waals surface area contributed by atoms with E-state index in [1.807, 2.05) is 60.7 Å². The zero-order chi connectivity index (χ0) is 43.1. The molecule has 2 atom stereocenters. The highest BCUT2D eigenvalue weighted by atomic mass is 16.5. The van der Waals surface area contributed by atoms with Gasteiger partial charge in [-0.05, 0) is 52.1 Å². The van der Waals surface area contributed by atoms with E-state index in [1.54, 1.807) is 28.4 Å². The molecule has 0 saturated carbocycles. The Morgan fingerprint density at radius 3 is 1.90 bits per heavy atom. The molecule has 4 amide bonds. The molecule has 1 aromatic heterocycles. The van der Waals surface area contributed by atoms with Gasteiger partial charge in [0, 0.05) is 31.9 Å². The number of alkyl carbamates (subject to hydrolysis) is 2. The summed E-state index contributed by atoms with van der Waals surface area (Å²) in [6.07, 6.45) is 5.46. The largest absolute Gasteiger partial charge is 0.453 e. The van der Waals surface area contributed by atoms with Crippen molar-refractivity contribution in [2.75, 3.05) is 40.9 Å². The van der Waals surface area contributed by atoms with E-state index in [2.05, 4.69) is 79.4 Å². The van der Waals surface area contributed by atoms with Crippen LogP contribution in [0.4, 0.5) is 9.59 Å². The molecular weight excluding hydrogens is 749 g/mol. The van der Waals surface area contributed by atoms with Crippen molar-refractivity contribution in [2.45, 2.75) is 73.0 Å². The van der Waals surface area contributed by atoms with Crippen molar-refractivity contribution in [1.29, 1.82) is 0 Å². The van der Waals surface area contributed by atoms with Gasteiger partial charge in [-0.1, -0.05) is 102 Å². The van der Waals surface area contributed by atoms with E-state index in [0.29, 0.717) is 18.9 Å². The summed E-state index contributed by atoms with van der Waals surface area (Å²) >= 11 is 0. The third-order valence-corrected chi connectivity index (χ3v) is 9.96. The summed E-state index contributed by atoms with van der Waals surface area (Å²) < 4.78 is 9.49. The molecule has 0 aliphatic heterocycles. The molecule has 0 aliphatic rings. The van der Waals surface area contributed by atoms with E-state index in [0.717, 1.165) is 57.3 Å². The smallest absolute Gasteiger partial charge is 0.407 e. The Hall–Kier alpha value is -6.18. The number of aliphatic imine (C=N–C) groups is 1. The number of hydrogen-bond donors (Lipinski definition) is 4. The summed E-state index contributed by atoms with van der Waals surface area (Å²) in [6.45, 7) is 13.1. The summed E-state index contributed by atoms with van der Waals surface area (Å²) in [5, 5.41) is 10.8. The number of amides is 4. The Bertz CT molecular complexity index is 2090. The van der Waals surface area contributed by atoms with Crippen molar-refractivity contribution in [3.8, 4) is 22.4 Å². The lowest BCUT2D eigenvalue weighted by Crippen LogP contribution is -2.51. The maximum Gasteiger partial charge on any atom is 0.407 e. The third kappa shape index (κ3) is 11.9. The molecule has 4 N–H and O–H groups in total. The number of nitrogens with zero attached hydrogens (tertiary/aromatic N) is 4. The number of H-pyrrole nitrogens is 1. The lowest BCUT2D eigenvalue weighted by atomic mass is 9.93. The van der Waals surface area contributed by atoms with Crippen LogP contribution in [-0.2, 0) is 25.6 Å². The van der Waals surface area contributed by atoms with E-state index in [9.17, 15) is 19.2 Å². The third-order valence-electron chi connectivity index (χ3n) is 9.96. The lowest BCUT2D eigenvalue weighted by molar-refractivity contribution is -0.135. The van der Waals surface area contributed by atoms with Crippen LogP contribution >= 0.6 is 0 Å². The summed E-state index contributed by atoms with van der Waals surface area (Å²) in [7, 11) is 4.41. The maximum absolute atomic E-state index is 13.5. The van der Waals surface area contributed by atoms with Gasteiger partial charge < -0.3 is 40.2 Å². The van der Waals surface area contributed by atoms with Crippen LogP contribution in [0.25, 0.3) is 38.9 Å². The second-order valence-corrected chi connectivity index (χ2v) is 14.9. The van der Waals surface area contributed by atoms with E-state index >= 15 is 0 Å². The van der Waals surface area contributed by atoms with Gasteiger partial charge in [0.05, 0.1) is 51.1 Å². The minimum Gasteiger partial charge on any atom is -0.453 e. The standard InChI is InChI=1S/C45H60N8O6/c1-10-23-52(42(54)40(29(3)4)50-44(56)58-8)25-22-47-26-38(46-7)36-21-20-33(34-14-12-13-15-35(34)36)31-16-18-32(19-17-31)37-27-48-39(49-37)28-53(24-11-2)43(55)41(30(5)6)51-45(57)59-9/h12-22,26-27,29-30,40-41,46H,10-11,23-25,28H2,1-9H3,(H,48,49)(H,50,56)(H,51,57)/b38-26-,47-22+. The molecule has 0 radical (unpaired) electrons. The summed E-state index contributed by atoms with van der Waals surface area (Å²) in [6, 6.07) is 19.3. The number of carbonyl (C=O) groups excluding carboxylic acids is 4. The fourth-order valence-electron chi connectivity index (χ4n) is 6.82. The van der Waals surface area contributed by atoms with Gasteiger partial charge >= 0.3 is 12.2 Å². The second-order valence-electron chi connectivity index (χ2n) is 14.9. The Morgan fingerprint density at radius 2 is 1.34 bits per heavy atom. The molecule has 316 valence electrons. The predicted molar refractivity (Wildman–Crippen MR) is 233 cm³/mol. The zero-order valence-corrected chi connectivity index (χ0v) is 35.8. The first-order valence-electron chi connectivity index (χ1n) is 20.2. The number of fused-ring (bicyclic) bond motifs is 1. The minimum atomic E-state index is -0.719. The highest BCUT2D eigenvalue weighted by Gasteiger charge is 2.30. The number of rotatable bonds is 19. The van der Waals surface area contributed by atoms with Crippen LogP contribution in [0, 0.1) is 11.8 Å². The lowest BCUT2D eigenvalue weighted by Gasteiger charge is -2.28. The van der Waals surface area contributed by atoms with Crippen LogP contribution in [0.15, 0.2) is 78.1 Å². The number of ether oxygens (including phenoxy) is 2. The highest BCUT2D eigenvalue weighted by Crippen LogP contribution is 2.34.